The molecule has 1 N–H and O–H groups in total. The number of aromatic nitrogens is 2. The summed E-state index contributed by atoms with van der Waals surface area (Å²) >= 11 is 3.16. The monoisotopic (exact) mass is 359 g/mol. The van der Waals surface area contributed by atoms with Crippen molar-refractivity contribution in [2.75, 3.05) is 24.8 Å². The van der Waals surface area contributed by atoms with Crippen LogP contribution in [0.5, 0.6) is 11.5 Å². The molecule has 0 amide bonds. The maximum atomic E-state index is 5.66. The third kappa shape index (κ3) is 4.87. The fraction of sp³-hybridized carbons (Fsp3) is 0.176. The van der Waals surface area contributed by atoms with Crippen molar-refractivity contribution in [3.05, 3.63) is 54.6 Å². The SMILES string of the molecule is COc1ccc(Nc2nnc(SCCOc3ccccc3)s2)cc1. The first-order chi connectivity index (χ1) is 11.8. The standard InChI is InChI=1S/C17H17N3O2S2/c1-21-14-9-7-13(8-10-14)18-16-19-20-17(24-16)23-12-11-22-15-5-3-2-4-6-15/h2-10H,11-12H2,1H3,(H,18,19). The Morgan fingerprint density at radius 3 is 2.54 bits per heavy atom. The van der Waals surface area contributed by atoms with Crippen LogP contribution in [0.25, 0.3) is 0 Å². The number of nitrogens with one attached hydrogen (secondary N) is 1. The van der Waals surface area contributed by atoms with E-state index in [1.807, 2.05) is 54.6 Å². The van der Waals surface area contributed by atoms with E-state index in [-0.39, 0.29) is 0 Å². The van der Waals surface area contributed by atoms with Gasteiger partial charge in [-0.2, -0.15) is 0 Å². The Hall–Kier alpha value is -2.25. The zero-order valence-electron chi connectivity index (χ0n) is 13.1. The Labute approximate surface area is 149 Å². The molecule has 0 atom stereocenters. The number of para-hydroxylation sites is 1. The molecule has 3 aromatic rings. The van der Waals surface area contributed by atoms with E-state index in [0.29, 0.717) is 6.61 Å². The van der Waals surface area contributed by atoms with E-state index in [4.69, 9.17) is 9.47 Å². The van der Waals surface area contributed by atoms with Gasteiger partial charge < -0.3 is 14.8 Å². The third-order valence-electron chi connectivity index (χ3n) is 3.07. The molecule has 0 saturated carbocycles. The molecular weight excluding hydrogens is 342 g/mol. The minimum absolute atomic E-state index is 0.634. The van der Waals surface area contributed by atoms with E-state index < -0.39 is 0 Å². The van der Waals surface area contributed by atoms with Crippen LogP contribution < -0.4 is 14.8 Å². The van der Waals surface area contributed by atoms with Gasteiger partial charge in [-0.05, 0) is 36.4 Å². The molecule has 0 unspecified atom stereocenters. The van der Waals surface area contributed by atoms with Crippen molar-refractivity contribution in [1.82, 2.24) is 10.2 Å². The molecule has 1 heterocycles. The molecule has 5 nitrogen and oxygen atoms in total. The quantitative estimate of drug-likeness (QED) is 0.473. The van der Waals surface area contributed by atoms with Gasteiger partial charge in [-0.1, -0.05) is 41.3 Å². The minimum atomic E-state index is 0.634. The average Bonchev–Trinajstić information content (AvgIpc) is 3.08. The molecule has 1 aromatic heterocycles. The summed E-state index contributed by atoms with van der Waals surface area (Å²) < 4.78 is 11.7. The van der Waals surface area contributed by atoms with E-state index in [9.17, 15) is 0 Å². The average molecular weight is 359 g/mol. The van der Waals surface area contributed by atoms with Gasteiger partial charge in [-0.3, -0.25) is 0 Å². The van der Waals surface area contributed by atoms with E-state index in [1.165, 1.54) is 11.3 Å². The Kier molecular flexibility index (Phi) is 5.92. The van der Waals surface area contributed by atoms with Gasteiger partial charge in [0.25, 0.3) is 0 Å². The number of ether oxygens (including phenoxy) is 2. The van der Waals surface area contributed by atoms with E-state index in [2.05, 4.69) is 15.5 Å². The number of hydrogen-bond donors (Lipinski definition) is 1. The van der Waals surface area contributed by atoms with Gasteiger partial charge >= 0.3 is 0 Å². The second-order valence-corrected chi connectivity index (χ2v) is 7.06. The summed E-state index contributed by atoms with van der Waals surface area (Å²) in [6.07, 6.45) is 0. The highest BCUT2D eigenvalue weighted by Crippen LogP contribution is 2.28. The third-order valence-corrected chi connectivity index (χ3v) is 5.00. The molecule has 0 aliphatic heterocycles. The lowest BCUT2D eigenvalue weighted by atomic mass is 10.3. The van der Waals surface area contributed by atoms with Gasteiger partial charge in [0, 0.05) is 11.4 Å². The van der Waals surface area contributed by atoms with Crippen LogP contribution in [0, 0.1) is 0 Å². The molecule has 124 valence electrons. The number of thioether (sulfide) groups is 1. The van der Waals surface area contributed by atoms with Gasteiger partial charge in [0.1, 0.15) is 11.5 Å². The van der Waals surface area contributed by atoms with Gasteiger partial charge in [-0.25, -0.2) is 0 Å². The molecule has 0 aliphatic rings. The summed E-state index contributed by atoms with van der Waals surface area (Å²) in [6.45, 7) is 0.634. The van der Waals surface area contributed by atoms with Gasteiger partial charge in [0.05, 0.1) is 13.7 Å². The summed E-state index contributed by atoms with van der Waals surface area (Å²) in [5.74, 6) is 2.54. The van der Waals surface area contributed by atoms with Crippen LogP contribution >= 0.6 is 23.1 Å². The van der Waals surface area contributed by atoms with Crippen LogP contribution in [0.4, 0.5) is 10.8 Å². The summed E-state index contributed by atoms with van der Waals surface area (Å²) in [5.41, 5.74) is 0.955. The van der Waals surface area contributed by atoms with Crippen LogP contribution in [-0.2, 0) is 0 Å². The van der Waals surface area contributed by atoms with Crippen molar-refractivity contribution >= 4 is 33.9 Å². The highest BCUT2D eigenvalue weighted by molar-refractivity contribution is 8.01. The van der Waals surface area contributed by atoms with Crippen molar-refractivity contribution in [2.24, 2.45) is 0 Å². The topological polar surface area (TPSA) is 56.3 Å². The van der Waals surface area contributed by atoms with Gasteiger partial charge in [0.2, 0.25) is 5.13 Å². The predicted molar refractivity (Wildman–Crippen MR) is 98.8 cm³/mol. The smallest absolute Gasteiger partial charge is 0.210 e. The van der Waals surface area contributed by atoms with Crippen molar-refractivity contribution in [1.29, 1.82) is 0 Å². The van der Waals surface area contributed by atoms with E-state index in [0.717, 1.165) is 32.4 Å². The van der Waals surface area contributed by atoms with Crippen molar-refractivity contribution < 1.29 is 9.47 Å². The molecule has 0 radical (unpaired) electrons. The lowest BCUT2D eigenvalue weighted by molar-refractivity contribution is 0.344. The molecule has 7 heteroatoms. The van der Waals surface area contributed by atoms with Crippen LogP contribution in [0.15, 0.2) is 58.9 Å². The number of benzene rings is 2. The second-order valence-electron chi connectivity index (χ2n) is 4.74. The Bertz CT molecular complexity index is 748. The molecular formula is C17H17N3O2S2. The second kappa shape index (κ2) is 8.56. The Balaban J connectivity index is 1.44. The zero-order chi connectivity index (χ0) is 16.6. The summed E-state index contributed by atoms with van der Waals surface area (Å²) in [6, 6.07) is 17.5. The van der Waals surface area contributed by atoms with Crippen molar-refractivity contribution in [2.45, 2.75) is 4.34 Å². The fourth-order valence-electron chi connectivity index (χ4n) is 1.92. The number of nitrogens with zero attached hydrogens (tertiary/aromatic N) is 2. The maximum absolute atomic E-state index is 5.66. The van der Waals surface area contributed by atoms with Crippen molar-refractivity contribution in [3.8, 4) is 11.5 Å². The van der Waals surface area contributed by atoms with Gasteiger partial charge in [-0.15, -0.1) is 10.2 Å². The zero-order valence-corrected chi connectivity index (χ0v) is 14.8. The van der Waals surface area contributed by atoms with Crippen LogP contribution in [0.1, 0.15) is 0 Å². The molecule has 2 aromatic carbocycles. The molecule has 24 heavy (non-hydrogen) atoms. The largest absolute Gasteiger partial charge is 0.497 e. The van der Waals surface area contributed by atoms with E-state index in [1.54, 1.807) is 18.9 Å². The van der Waals surface area contributed by atoms with Crippen molar-refractivity contribution in [3.63, 3.8) is 0 Å². The normalized spacial score (nSPS) is 10.4. The number of methoxy groups -OCH3 is 1. The number of hydrogen-bond acceptors (Lipinski definition) is 7. The minimum Gasteiger partial charge on any atom is -0.497 e. The molecule has 0 aliphatic carbocycles. The first-order valence-corrected chi connectivity index (χ1v) is 9.19. The van der Waals surface area contributed by atoms with E-state index >= 15 is 0 Å². The van der Waals surface area contributed by atoms with Crippen LogP contribution in [-0.4, -0.2) is 29.7 Å². The number of rotatable bonds is 8. The summed E-state index contributed by atoms with van der Waals surface area (Å²) in [5, 5.41) is 12.3. The van der Waals surface area contributed by atoms with Crippen LogP contribution in [0.3, 0.4) is 0 Å². The lowest BCUT2D eigenvalue weighted by Gasteiger charge is -2.04. The highest BCUT2D eigenvalue weighted by atomic mass is 32.2. The fourth-order valence-corrected chi connectivity index (χ4v) is 3.58. The summed E-state index contributed by atoms with van der Waals surface area (Å²) in [4.78, 5) is 0. The molecule has 0 fully saturated rings. The first kappa shape index (κ1) is 16.6. The Morgan fingerprint density at radius 2 is 1.79 bits per heavy atom. The highest BCUT2D eigenvalue weighted by Gasteiger charge is 2.05. The lowest BCUT2D eigenvalue weighted by Crippen LogP contribution is -1.99. The number of anilines is 2. The van der Waals surface area contributed by atoms with Gasteiger partial charge in [0.15, 0.2) is 4.34 Å². The summed E-state index contributed by atoms with van der Waals surface area (Å²) in [7, 11) is 1.65. The molecule has 3 rings (SSSR count). The molecule has 0 spiro atoms. The maximum Gasteiger partial charge on any atom is 0.210 e. The first-order valence-electron chi connectivity index (χ1n) is 7.39. The van der Waals surface area contributed by atoms with Crippen LogP contribution in [0.2, 0.25) is 0 Å². The Morgan fingerprint density at radius 1 is 1.00 bits per heavy atom. The predicted octanol–water partition coefficient (Wildman–Crippen LogP) is 4.46. The molecule has 0 bridgehead atoms. The molecule has 0 saturated heterocycles.